The molecule has 0 bridgehead atoms. The summed E-state index contributed by atoms with van der Waals surface area (Å²) >= 11 is 0. The monoisotopic (exact) mass is 416 g/mol. The van der Waals surface area contributed by atoms with E-state index in [1.165, 1.54) is 24.3 Å². The van der Waals surface area contributed by atoms with E-state index in [2.05, 4.69) is 36.4 Å². The van der Waals surface area contributed by atoms with E-state index >= 15 is 0 Å². The van der Waals surface area contributed by atoms with Crippen molar-refractivity contribution in [3.63, 3.8) is 0 Å². The van der Waals surface area contributed by atoms with Crippen LogP contribution in [-0.4, -0.2) is 11.7 Å². The second-order valence-electron chi connectivity index (χ2n) is 6.75. The second-order valence-corrected chi connectivity index (χ2v) is 9.93. The highest BCUT2D eigenvalue weighted by Crippen LogP contribution is 2.68. The molecular weight excluding hydrogens is 395 g/mol. The minimum atomic E-state index is -1.91. The number of hydrogen-bond acceptors (Lipinski definition) is 2. The van der Waals surface area contributed by atoms with Gasteiger partial charge < -0.3 is 4.74 Å². The minimum absolute atomic E-state index is 0.183. The van der Waals surface area contributed by atoms with Gasteiger partial charge in [0.05, 0.1) is 5.75 Å². The molecular formula is C26H21FO2S. The van der Waals surface area contributed by atoms with Gasteiger partial charge in [-0.2, -0.15) is 0 Å². The molecule has 0 saturated heterocycles. The fourth-order valence-corrected chi connectivity index (χ4v) is 7.05. The molecule has 0 aliphatic heterocycles. The second kappa shape index (κ2) is 8.97. The first-order chi connectivity index (χ1) is 14.7. The number of hydrogen-bond donors (Lipinski definition) is 0. The zero-order valence-corrected chi connectivity index (χ0v) is 17.1. The Morgan fingerprint density at radius 3 is 1.43 bits per heavy atom. The number of rotatable bonds is 6. The largest absolute Gasteiger partial charge is 0.426 e. The van der Waals surface area contributed by atoms with E-state index in [0.717, 1.165) is 14.7 Å². The number of benzene rings is 4. The third kappa shape index (κ3) is 4.14. The molecule has 0 heterocycles. The Bertz CT molecular complexity index is 1000. The van der Waals surface area contributed by atoms with Crippen LogP contribution in [0.1, 0.15) is 0 Å². The Morgan fingerprint density at radius 1 is 0.633 bits per heavy atom. The van der Waals surface area contributed by atoms with Crippen LogP contribution < -0.4 is 4.74 Å². The number of carbonyl (C=O) groups excluding carboxylic acids is 1. The smallest absolute Gasteiger partial charge is 0.320 e. The third-order valence-electron chi connectivity index (χ3n) is 4.82. The van der Waals surface area contributed by atoms with Gasteiger partial charge in [0.1, 0.15) is 11.6 Å². The van der Waals surface area contributed by atoms with Crippen molar-refractivity contribution < 1.29 is 13.9 Å². The van der Waals surface area contributed by atoms with Crippen molar-refractivity contribution in [2.45, 2.75) is 14.7 Å². The number of ether oxygens (including phenoxy) is 1. The van der Waals surface area contributed by atoms with Crippen LogP contribution in [0.2, 0.25) is 0 Å². The first-order valence-electron chi connectivity index (χ1n) is 9.61. The normalized spacial score (nSPS) is 11.6. The van der Waals surface area contributed by atoms with Crippen molar-refractivity contribution >= 4 is 16.0 Å². The molecule has 0 aliphatic carbocycles. The topological polar surface area (TPSA) is 26.3 Å². The number of carbonyl (C=O) groups is 1. The highest BCUT2D eigenvalue weighted by atomic mass is 32.3. The van der Waals surface area contributed by atoms with Crippen molar-refractivity contribution in [3.8, 4) is 5.75 Å². The van der Waals surface area contributed by atoms with Crippen molar-refractivity contribution in [2.75, 3.05) is 5.75 Å². The maximum absolute atomic E-state index is 13.2. The van der Waals surface area contributed by atoms with Gasteiger partial charge in [0.25, 0.3) is 0 Å². The van der Waals surface area contributed by atoms with Gasteiger partial charge in [0, 0.05) is 0 Å². The average molecular weight is 417 g/mol. The van der Waals surface area contributed by atoms with Crippen LogP contribution in [0.3, 0.4) is 0 Å². The van der Waals surface area contributed by atoms with Gasteiger partial charge in [0.15, 0.2) is 0 Å². The van der Waals surface area contributed by atoms with E-state index in [0.29, 0.717) is 5.75 Å². The van der Waals surface area contributed by atoms with Crippen LogP contribution in [0.25, 0.3) is 0 Å². The zero-order valence-electron chi connectivity index (χ0n) is 16.3. The van der Waals surface area contributed by atoms with Crippen LogP contribution in [0, 0.1) is 5.82 Å². The predicted molar refractivity (Wildman–Crippen MR) is 119 cm³/mol. The highest BCUT2D eigenvalue weighted by molar-refractivity contribution is 8.34. The number of esters is 1. The Balaban J connectivity index is 1.82. The van der Waals surface area contributed by atoms with E-state index < -0.39 is 10.0 Å². The van der Waals surface area contributed by atoms with Crippen LogP contribution in [0.15, 0.2) is 130 Å². The molecule has 0 aromatic heterocycles. The summed E-state index contributed by atoms with van der Waals surface area (Å²) in [6.45, 7) is 0. The Labute approximate surface area is 177 Å². The van der Waals surface area contributed by atoms with Crippen molar-refractivity contribution in [2.24, 2.45) is 0 Å². The highest BCUT2D eigenvalue weighted by Gasteiger charge is 2.34. The van der Waals surface area contributed by atoms with Crippen molar-refractivity contribution in [1.82, 2.24) is 0 Å². The summed E-state index contributed by atoms with van der Waals surface area (Å²) in [6, 6.07) is 35.8. The van der Waals surface area contributed by atoms with Gasteiger partial charge in [-0.3, -0.25) is 4.79 Å². The first-order valence-corrected chi connectivity index (χ1v) is 11.4. The summed E-state index contributed by atoms with van der Waals surface area (Å²) in [4.78, 5) is 16.4. The Hall–Kier alpha value is -3.37. The van der Waals surface area contributed by atoms with Crippen molar-refractivity contribution in [1.29, 1.82) is 0 Å². The standard InChI is InChI=1S/C26H21FO2S/c27-21-16-18-22(19-17-21)29-26(28)20-30(23-10-4-1-5-11-23,24-12-6-2-7-13-24)25-14-8-3-9-15-25/h1-19H,20H2. The molecule has 0 unspecified atom stereocenters. The summed E-state index contributed by atoms with van der Waals surface area (Å²) in [5.74, 6) is -0.202. The first kappa shape index (κ1) is 19.9. The fourth-order valence-electron chi connectivity index (χ4n) is 3.46. The van der Waals surface area contributed by atoms with Gasteiger partial charge in [-0.25, -0.2) is 4.39 Å². The molecule has 0 radical (unpaired) electrons. The molecule has 0 N–H and O–H groups in total. The van der Waals surface area contributed by atoms with Gasteiger partial charge in [0.2, 0.25) is 0 Å². The van der Waals surface area contributed by atoms with E-state index in [4.69, 9.17) is 4.74 Å². The molecule has 30 heavy (non-hydrogen) atoms. The zero-order chi connectivity index (χ0) is 20.8. The lowest BCUT2D eigenvalue weighted by Crippen LogP contribution is -2.20. The molecule has 2 nitrogen and oxygen atoms in total. The Morgan fingerprint density at radius 2 is 1.03 bits per heavy atom. The number of halogens is 1. The summed E-state index contributed by atoms with van der Waals surface area (Å²) in [6.07, 6.45) is 0. The summed E-state index contributed by atoms with van der Waals surface area (Å²) in [5, 5.41) is 0. The van der Waals surface area contributed by atoms with Gasteiger partial charge >= 0.3 is 5.97 Å². The molecule has 4 rings (SSSR count). The van der Waals surface area contributed by atoms with Gasteiger partial charge in [-0.15, -0.1) is 10.0 Å². The lowest BCUT2D eigenvalue weighted by atomic mass is 10.3. The van der Waals surface area contributed by atoms with Crippen LogP contribution in [0.5, 0.6) is 5.75 Å². The van der Waals surface area contributed by atoms with Crippen LogP contribution in [0.4, 0.5) is 4.39 Å². The lowest BCUT2D eigenvalue weighted by Gasteiger charge is -2.40. The van der Waals surface area contributed by atoms with Gasteiger partial charge in [-0.05, 0) is 75.4 Å². The van der Waals surface area contributed by atoms with Crippen LogP contribution in [-0.2, 0) is 4.79 Å². The maximum atomic E-state index is 13.2. The molecule has 0 amide bonds. The van der Waals surface area contributed by atoms with Crippen LogP contribution >= 0.6 is 10.0 Å². The molecule has 4 heteroatoms. The Kier molecular flexibility index (Phi) is 5.96. The predicted octanol–water partition coefficient (Wildman–Crippen LogP) is 6.71. The average Bonchev–Trinajstić information content (AvgIpc) is 2.81. The SMILES string of the molecule is O=C(CS(c1ccccc1)(c1ccccc1)c1ccccc1)Oc1ccc(F)cc1. The van der Waals surface area contributed by atoms with E-state index in [1.807, 2.05) is 54.6 Å². The van der Waals surface area contributed by atoms with E-state index in [1.54, 1.807) is 0 Å². The van der Waals surface area contributed by atoms with E-state index in [-0.39, 0.29) is 17.5 Å². The fraction of sp³-hybridized carbons (Fsp3) is 0.0385. The molecule has 0 fully saturated rings. The molecule has 4 aromatic carbocycles. The summed E-state index contributed by atoms with van der Waals surface area (Å²) in [7, 11) is -1.91. The molecule has 0 aliphatic rings. The molecule has 0 atom stereocenters. The van der Waals surface area contributed by atoms with Crippen molar-refractivity contribution in [3.05, 3.63) is 121 Å². The van der Waals surface area contributed by atoms with Gasteiger partial charge in [-0.1, -0.05) is 54.6 Å². The lowest BCUT2D eigenvalue weighted by molar-refractivity contribution is -0.131. The molecule has 150 valence electrons. The molecule has 0 spiro atoms. The minimum Gasteiger partial charge on any atom is -0.426 e. The molecule has 0 saturated carbocycles. The summed E-state index contributed by atoms with van der Waals surface area (Å²) in [5.41, 5.74) is 0. The molecule has 4 aromatic rings. The maximum Gasteiger partial charge on any atom is 0.320 e. The van der Waals surface area contributed by atoms with E-state index in [9.17, 15) is 9.18 Å². The third-order valence-corrected chi connectivity index (χ3v) is 8.72. The quantitative estimate of drug-likeness (QED) is 0.258. The summed E-state index contributed by atoms with van der Waals surface area (Å²) < 4.78 is 18.8.